The molecule has 1 rings (SSSR count). The predicted molar refractivity (Wildman–Crippen MR) is 60.3 cm³/mol. The number of rotatable bonds is 4. The number of carbonyl (C=O) groups is 1. The molecule has 0 spiro atoms. The maximum Gasteiger partial charge on any atom is 0.222 e. The standard InChI is InChI=1S/C12H18N2O/c1-4-10-6-5-7-13-11(10)8-14-12(15)9(2)3/h5-7,9H,4,8H2,1-3H3,(H,14,15). The lowest BCUT2D eigenvalue weighted by atomic mass is 10.1. The van der Waals surface area contributed by atoms with Gasteiger partial charge < -0.3 is 5.32 Å². The zero-order valence-electron chi connectivity index (χ0n) is 9.58. The van der Waals surface area contributed by atoms with Gasteiger partial charge in [0.1, 0.15) is 0 Å². The second-order valence-electron chi connectivity index (χ2n) is 3.84. The molecule has 0 aliphatic heterocycles. The highest BCUT2D eigenvalue weighted by Gasteiger charge is 2.07. The van der Waals surface area contributed by atoms with Crippen molar-refractivity contribution in [2.45, 2.75) is 33.7 Å². The molecule has 1 aromatic rings. The zero-order valence-corrected chi connectivity index (χ0v) is 9.58. The number of pyridine rings is 1. The molecular formula is C12H18N2O. The summed E-state index contributed by atoms with van der Waals surface area (Å²) in [5, 5.41) is 2.87. The molecule has 15 heavy (non-hydrogen) atoms. The van der Waals surface area contributed by atoms with Gasteiger partial charge in [-0.1, -0.05) is 26.8 Å². The molecule has 0 aliphatic rings. The molecule has 82 valence electrons. The molecule has 0 saturated heterocycles. The molecule has 1 N–H and O–H groups in total. The van der Waals surface area contributed by atoms with Crippen molar-refractivity contribution >= 4 is 5.91 Å². The first-order valence-corrected chi connectivity index (χ1v) is 5.35. The largest absolute Gasteiger partial charge is 0.350 e. The van der Waals surface area contributed by atoms with Crippen molar-refractivity contribution in [2.24, 2.45) is 5.92 Å². The summed E-state index contributed by atoms with van der Waals surface area (Å²) in [4.78, 5) is 15.6. The summed E-state index contributed by atoms with van der Waals surface area (Å²) in [7, 11) is 0. The monoisotopic (exact) mass is 206 g/mol. The van der Waals surface area contributed by atoms with E-state index < -0.39 is 0 Å². The van der Waals surface area contributed by atoms with Gasteiger partial charge in [-0.15, -0.1) is 0 Å². The maximum absolute atomic E-state index is 11.4. The van der Waals surface area contributed by atoms with Crippen molar-refractivity contribution in [1.29, 1.82) is 0 Å². The highest BCUT2D eigenvalue weighted by molar-refractivity contribution is 5.77. The van der Waals surface area contributed by atoms with Crippen LogP contribution in [0.1, 0.15) is 32.0 Å². The minimum absolute atomic E-state index is 0.0267. The average Bonchev–Trinajstić information content (AvgIpc) is 2.26. The van der Waals surface area contributed by atoms with E-state index in [1.807, 2.05) is 26.0 Å². The lowest BCUT2D eigenvalue weighted by Gasteiger charge is -2.09. The number of nitrogens with one attached hydrogen (secondary N) is 1. The highest BCUT2D eigenvalue weighted by Crippen LogP contribution is 2.05. The van der Waals surface area contributed by atoms with Crippen LogP contribution in [0.25, 0.3) is 0 Å². The normalized spacial score (nSPS) is 10.4. The van der Waals surface area contributed by atoms with Gasteiger partial charge in [0, 0.05) is 12.1 Å². The van der Waals surface area contributed by atoms with Gasteiger partial charge in [-0.05, 0) is 18.1 Å². The Morgan fingerprint density at radius 3 is 2.87 bits per heavy atom. The molecule has 0 aliphatic carbocycles. The Labute approximate surface area is 90.9 Å². The quantitative estimate of drug-likeness (QED) is 0.817. The third kappa shape index (κ3) is 3.35. The second kappa shape index (κ2) is 5.49. The number of aromatic nitrogens is 1. The zero-order chi connectivity index (χ0) is 11.3. The molecule has 3 nitrogen and oxygen atoms in total. The first kappa shape index (κ1) is 11.7. The molecule has 0 bridgehead atoms. The fourth-order valence-corrected chi connectivity index (χ4v) is 1.33. The number of carbonyl (C=O) groups excluding carboxylic acids is 1. The van der Waals surface area contributed by atoms with Crippen LogP contribution in [-0.2, 0) is 17.8 Å². The lowest BCUT2D eigenvalue weighted by Crippen LogP contribution is -2.27. The van der Waals surface area contributed by atoms with Gasteiger partial charge in [0.25, 0.3) is 0 Å². The third-order valence-electron chi connectivity index (χ3n) is 2.32. The molecule has 0 atom stereocenters. The van der Waals surface area contributed by atoms with Crippen LogP contribution in [-0.4, -0.2) is 10.9 Å². The first-order chi connectivity index (χ1) is 7.15. The molecule has 0 aromatic carbocycles. The van der Waals surface area contributed by atoms with Crippen molar-refractivity contribution < 1.29 is 4.79 Å². The molecule has 1 heterocycles. The Balaban J connectivity index is 2.61. The van der Waals surface area contributed by atoms with Crippen LogP contribution in [0.3, 0.4) is 0 Å². The van der Waals surface area contributed by atoms with E-state index in [1.54, 1.807) is 6.20 Å². The molecule has 0 radical (unpaired) electrons. The van der Waals surface area contributed by atoms with Gasteiger partial charge in [-0.3, -0.25) is 9.78 Å². The molecule has 1 amide bonds. The van der Waals surface area contributed by atoms with Crippen LogP contribution in [0, 0.1) is 5.92 Å². The Kier molecular flexibility index (Phi) is 4.28. The fourth-order valence-electron chi connectivity index (χ4n) is 1.33. The van der Waals surface area contributed by atoms with E-state index in [-0.39, 0.29) is 11.8 Å². The number of hydrogen-bond acceptors (Lipinski definition) is 2. The Bertz CT molecular complexity index is 334. The van der Waals surface area contributed by atoms with Gasteiger partial charge >= 0.3 is 0 Å². The summed E-state index contributed by atoms with van der Waals surface area (Å²) in [5.41, 5.74) is 2.16. The van der Waals surface area contributed by atoms with E-state index in [1.165, 1.54) is 5.56 Å². The maximum atomic E-state index is 11.4. The predicted octanol–water partition coefficient (Wildman–Crippen LogP) is 1.92. The molecule has 0 unspecified atom stereocenters. The van der Waals surface area contributed by atoms with Crippen molar-refractivity contribution in [1.82, 2.24) is 10.3 Å². The van der Waals surface area contributed by atoms with Gasteiger partial charge in [0.05, 0.1) is 12.2 Å². The SMILES string of the molecule is CCc1cccnc1CNC(=O)C(C)C. The van der Waals surface area contributed by atoms with Gasteiger partial charge in [-0.25, -0.2) is 0 Å². The van der Waals surface area contributed by atoms with Crippen LogP contribution in [0.5, 0.6) is 0 Å². The van der Waals surface area contributed by atoms with Crippen molar-refractivity contribution in [3.8, 4) is 0 Å². The van der Waals surface area contributed by atoms with Crippen molar-refractivity contribution in [3.63, 3.8) is 0 Å². The van der Waals surface area contributed by atoms with Crippen LogP contribution < -0.4 is 5.32 Å². The van der Waals surface area contributed by atoms with Crippen LogP contribution in [0.2, 0.25) is 0 Å². The lowest BCUT2D eigenvalue weighted by molar-refractivity contribution is -0.124. The van der Waals surface area contributed by atoms with Crippen LogP contribution in [0.4, 0.5) is 0 Å². The summed E-state index contributed by atoms with van der Waals surface area (Å²) >= 11 is 0. The summed E-state index contributed by atoms with van der Waals surface area (Å²) in [6.45, 7) is 6.38. The van der Waals surface area contributed by atoms with Crippen molar-refractivity contribution in [2.75, 3.05) is 0 Å². The second-order valence-corrected chi connectivity index (χ2v) is 3.84. The molecular weight excluding hydrogens is 188 g/mol. The molecule has 3 heteroatoms. The van der Waals surface area contributed by atoms with Crippen molar-refractivity contribution in [3.05, 3.63) is 29.6 Å². The van der Waals surface area contributed by atoms with E-state index in [9.17, 15) is 4.79 Å². The third-order valence-corrected chi connectivity index (χ3v) is 2.32. The van der Waals surface area contributed by atoms with E-state index in [0.29, 0.717) is 6.54 Å². The van der Waals surface area contributed by atoms with E-state index >= 15 is 0 Å². The average molecular weight is 206 g/mol. The van der Waals surface area contributed by atoms with Gasteiger partial charge in [-0.2, -0.15) is 0 Å². The highest BCUT2D eigenvalue weighted by atomic mass is 16.1. The fraction of sp³-hybridized carbons (Fsp3) is 0.500. The Hall–Kier alpha value is -1.38. The van der Waals surface area contributed by atoms with Gasteiger partial charge in [0.15, 0.2) is 0 Å². The topological polar surface area (TPSA) is 42.0 Å². The summed E-state index contributed by atoms with van der Waals surface area (Å²) in [6.07, 6.45) is 2.71. The van der Waals surface area contributed by atoms with E-state index in [4.69, 9.17) is 0 Å². The number of aryl methyl sites for hydroxylation is 1. The summed E-state index contributed by atoms with van der Waals surface area (Å²) < 4.78 is 0. The van der Waals surface area contributed by atoms with Gasteiger partial charge in [0.2, 0.25) is 5.91 Å². The molecule has 0 fully saturated rings. The smallest absolute Gasteiger partial charge is 0.222 e. The minimum Gasteiger partial charge on any atom is -0.350 e. The van der Waals surface area contributed by atoms with E-state index in [0.717, 1.165) is 12.1 Å². The molecule has 1 aromatic heterocycles. The Morgan fingerprint density at radius 2 is 2.27 bits per heavy atom. The number of hydrogen-bond donors (Lipinski definition) is 1. The van der Waals surface area contributed by atoms with Crippen LogP contribution in [0.15, 0.2) is 18.3 Å². The Morgan fingerprint density at radius 1 is 1.53 bits per heavy atom. The summed E-state index contributed by atoms with van der Waals surface area (Å²) in [5.74, 6) is 0.0986. The van der Waals surface area contributed by atoms with Crippen LogP contribution >= 0.6 is 0 Å². The molecule has 0 saturated carbocycles. The number of nitrogens with zero attached hydrogens (tertiary/aromatic N) is 1. The summed E-state index contributed by atoms with van der Waals surface area (Å²) in [6, 6.07) is 3.97. The minimum atomic E-state index is 0.0267. The first-order valence-electron chi connectivity index (χ1n) is 5.35. The number of amides is 1. The van der Waals surface area contributed by atoms with E-state index in [2.05, 4.69) is 17.2 Å².